The van der Waals surface area contributed by atoms with Crippen LogP contribution in [0.5, 0.6) is 0 Å². The van der Waals surface area contributed by atoms with E-state index in [9.17, 15) is 4.79 Å². The Morgan fingerprint density at radius 3 is 2.76 bits per heavy atom. The molecule has 1 amide bonds. The third kappa shape index (κ3) is 6.35. The first kappa shape index (κ1) is 18.4. The molecule has 0 spiro atoms. The number of rotatable bonds is 10. The zero-order valence-electron chi connectivity index (χ0n) is 14.1. The topological polar surface area (TPSA) is 64.3 Å². The minimum Gasteiger partial charge on any atom is -0.378 e. The lowest BCUT2D eigenvalue weighted by atomic mass is 9.85. The SMILES string of the molecule is CCCNC(C)(CCCOC1CCCC(CC)C1)C(N)=O. The molecule has 4 nitrogen and oxygen atoms in total. The van der Waals surface area contributed by atoms with Gasteiger partial charge in [-0.05, 0) is 51.5 Å². The normalized spacial score (nSPS) is 25.5. The molecule has 0 bridgehead atoms. The zero-order chi connectivity index (χ0) is 15.7. The summed E-state index contributed by atoms with van der Waals surface area (Å²) in [7, 11) is 0. The Morgan fingerprint density at radius 2 is 2.14 bits per heavy atom. The van der Waals surface area contributed by atoms with Crippen LogP contribution in [-0.2, 0) is 9.53 Å². The molecular formula is C17H34N2O2. The molecule has 1 aliphatic carbocycles. The van der Waals surface area contributed by atoms with E-state index in [2.05, 4.69) is 19.2 Å². The Kier molecular flexibility index (Phi) is 8.27. The summed E-state index contributed by atoms with van der Waals surface area (Å²) >= 11 is 0. The average molecular weight is 298 g/mol. The molecule has 0 saturated heterocycles. The Balaban J connectivity index is 2.26. The molecule has 3 N–H and O–H groups in total. The van der Waals surface area contributed by atoms with E-state index in [0.717, 1.165) is 38.3 Å². The van der Waals surface area contributed by atoms with E-state index in [-0.39, 0.29) is 5.91 Å². The number of hydrogen-bond acceptors (Lipinski definition) is 3. The Morgan fingerprint density at radius 1 is 1.38 bits per heavy atom. The second-order valence-corrected chi connectivity index (χ2v) is 6.66. The van der Waals surface area contributed by atoms with Crippen LogP contribution in [0.4, 0.5) is 0 Å². The van der Waals surface area contributed by atoms with Crippen molar-refractivity contribution >= 4 is 5.91 Å². The number of hydrogen-bond donors (Lipinski definition) is 2. The van der Waals surface area contributed by atoms with Crippen LogP contribution in [0.15, 0.2) is 0 Å². The third-order valence-electron chi connectivity index (χ3n) is 4.80. The summed E-state index contributed by atoms with van der Waals surface area (Å²) in [4.78, 5) is 11.6. The lowest BCUT2D eigenvalue weighted by Gasteiger charge is -2.30. The molecule has 0 aromatic carbocycles. The highest BCUT2D eigenvalue weighted by Gasteiger charge is 2.29. The van der Waals surface area contributed by atoms with Gasteiger partial charge in [0.1, 0.15) is 0 Å². The van der Waals surface area contributed by atoms with Gasteiger partial charge in [-0.1, -0.05) is 33.1 Å². The molecule has 1 rings (SSSR count). The largest absolute Gasteiger partial charge is 0.378 e. The van der Waals surface area contributed by atoms with Crippen molar-refractivity contribution in [3.63, 3.8) is 0 Å². The van der Waals surface area contributed by atoms with Crippen molar-refractivity contribution in [2.45, 2.75) is 83.8 Å². The first-order valence-corrected chi connectivity index (χ1v) is 8.68. The Labute approximate surface area is 130 Å². The fourth-order valence-corrected chi connectivity index (χ4v) is 3.14. The van der Waals surface area contributed by atoms with Crippen LogP contribution < -0.4 is 11.1 Å². The number of nitrogens with one attached hydrogen (secondary N) is 1. The summed E-state index contributed by atoms with van der Waals surface area (Å²) in [5, 5.41) is 3.27. The molecule has 1 fully saturated rings. The van der Waals surface area contributed by atoms with Crippen molar-refractivity contribution in [1.29, 1.82) is 0 Å². The summed E-state index contributed by atoms with van der Waals surface area (Å²) < 4.78 is 6.01. The number of primary amides is 1. The molecule has 0 aliphatic heterocycles. The van der Waals surface area contributed by atoms with Crippen LogP contribution in [0, 0.1) is 5.92 Å². The van der Waals surface area contributed by atoms with E-state index in [4.69, 9.17) is 10.5 Å². The Hall–Kier alpha value is -0.610. The van der Waals surface area contributed by atoms with Gasteiger partial charge in [0.2, 0.25) is 5.91 Å². The van der Waals surface area contributed by atoms with Crippen LogP contribution in [0.2, 0.25) is 0 Å². The van der Waals surface area contributed by atoms with E-state index in [0.29, 0.717) is 6.10 Å². The lowest BCUT2D eigenvalue weighted by molar-refractivity contribution is -0.124. The van der Waals surface area contributed by atoms with Gasteiger partial charge in [-0.25, -0.2) is 0 Å². The van der Waals surface area contributed by atoms with Crippen molar-refractivity contribution in [1.82, 2.24) is 5.32 Å². The second kappa shape index (κ2) is 9.42. The second-order valence-electron chi connectivity index (χ2n) is 6.66. The molecular weight excluding hydrogens is 264 g/mol. The maximum absolute atomic E-state index is 11.6. The van der Waals surface area contributed by atoms with Gasteiger partial charge < -0.3 is 15.8 Å². The molecule has 1 aliphatic rings. The first-order chi connectivity index (χ1) is 10.0. The molecule has 4 heteroatoms. The van der Waals surface area contributed by atoms with Crippen LogP contribution in [0.25, 0.3) is 0 Å². The van der Waals surface area contributed by atoms with Gasteiger partial charge >= 0.3 is 0 Å². The predicted molar refractivity (Wildman–Crippen MR) is 87.1 cm³/mol. The van der Waals surface area contributed by atoms with Gasteiger partial charge in [0, 0.05) is 6.61 Å². The van der Waals surface area contributed by atoms with Gasteiger partial charge in [-0.15, -0.1) is 0 Å². The van der Waals surface area contributed by atoms with Crippen LogP contribution >= 0.6 is 0 Å². The van der Waals surface area contributed by atoms with Gasteiger partial charge in [0.15, 0.2) is 0 Å². The van der Waals surface area contributed by atoms with Crippen LogP contribution in [-0.4, -0.2) is 30.7 Å². The lowest BCUT2D eigenvalue weighted by Crippen LogP contribution is -2.53. The summed E-state index contributed by atoms with van der Waals surface area (Å²) in [5.41, 5.74) is 4.93. The van der Waals surface area contributed by atoms with E-state index in [1.165, 1.54) is 32.1 Å². The van der Waals surface area contributed by atoms with E-state index in [1.54, 1.807) is 0 Å². The van der Waals surface area contributed by atoms with Crippen molar-refractivity contribution in [3.8, 4) is 0 Å². The third-order valence-corrected chi connectivity index (χ3v) is 4.80. The fraction of sp³-hybridized carbons (Fsp3) is 0.941. The zero-order valence-corrected chi connectivity index (χ0v) is 14.1. The summed E-state index contributed by atoms with van der Waals surface area (Å²) in [6.45, 7) is 7.81. The molecule has 3 unspecified atom stereocenters. The molecule has 21 heavy (non-hydrogen) atoms. The maximum Gasteiger partial charge on any atom is 0.237 e. The predicted octanol–water partition coefficient (Wildman–Crippen LogP) is 3.00. The molecule has 0 aromatic rings. The van der Waals surface area contributed by atoms with Crippen LogP contribution in [0.1, 0.15) is 72.1 Å². The highest BCUT2D eigenvalue weighted by atomic mass is 16.5. The first-order valence-electron chi connectivity index (χ1n) is 8.68. The molecule has 124 valence electrons. The van der Waals surface area contributed by atoms with E-state index >= 15 is 0 Å². The molecule has 0 radical (unpaired) electrons. The molecule has 1 saturated carbocycles. The van der Waals surface area contributed by atoms with E-state index < -0.39 is 5.54 Å². The van der Waals surface area contributed by atoms with Gasteiger partial charge in [-0.2, -0.15) is 0 Å². The quantitative estimate of drug-likeness (QED) is 0.609. The molecule has 0 aromatic heterocycles. The monoisotopic (exact) mass is 298 g/mol. The van der Waals surface area contributed by atoms with Crippen LogP contribution in [0.3, 0.4) is 0 Å². The van der Waals surface area contributed by atoms with Gasteiger partial charge in [0.05, 0.1) is 11.6 Å². The smallest absolute Gasteiger partial charge is 0.237 e. The number of amides is 1. The fourth-order valence-electron chi connectivity index (χ4n) is 3.14. The molecule has 3 atom stereocenters. The number of carbonyl (C=O) groups excluding carboxylic acids is 1. The number of carbonyl (C=O) groups is 1. The average Bonchev–Trinajstić information content (AvgIpc) is 2.49. The highest BCUT2D eigenvalue weighted by molar-refractivity contribution is 5.84. The van der Waals surface area contributed by atoms with Gasteiger partial charge in [-0.3, -0.25) is 4.79 Å². The van der Waals surface area contributed by atoms with Crippen molar-refractivity contribution in [3.05, 3.63) is 0 Å². The van der Waals surface area contributed by atoms with Crippen molar-refractivity contribution < 1.29 is 9.53 Å². The van der Waals surface area contributed by atoms with Crippen molar-refractivity contribution in [2.75, 3.05) is 13.2 Å². The standard InChI is InChI=1S/C17H34N2O2/c1-4-11-19-17(3,16(18)20)10-7-12-21-15-9-6-8-14(5-2)13-15/h14-15,19H,4-13H2,1-3H3,(H2,18,20). The van der Waals surface area contributed by atoms with Crippen molar-refractivity contribution in [2.24, 2.45) is 11.7 Å². The highest BCUT2D eigenvalue weighted by Crippen LogP contribution is 2.28. The summed E-state index contributed by atoms with van der Waals surface area (Å²) in [5.74, 6) is 0.575. The minimum absolute atomic E-state index is 0.264. The van der Waals surface area contributed by atoms with E-state index in [1.807, 2.05) is 6.92 Å². The number of nitrogens with two attached hydrogens (primary N) is 1. The maximum atomic E-state index is 11.6. The summed E-state index contributed by atoms with van der Waals surface area (Å²) in [6.07, 6.45) is 9.36. The summed E-state index contributed by atoms with van der Waals surface area (Å²) in [6, 6.07) is 0. The van der Waals surface area contributed by atoms with Gasteiger partial charge in [0.25, 0.3) is 0 Å². The molecule has 0 heterocycles. The number of ether oxygens (including phenoxy) is 1. The minimum atomic E-state index is -0.599. The Bertz CT molecular complexity index is 309.